The second-order valence-corrected chi connectivity index (χ2v) is 4.76. The van der Waals surface area contributed by atoms with Gasteiger partial charge in [-0.2, -0.15) is 0 Å². The molecule has 0 amide bonds. The molecule has 0 aliphatic carbocycles. The van der Waals surface area contributed by atoms with Gasteiger partial charge in [0.2, 0.25) is 0 Å². The van der Waals surface area contributed by atoms with Crippen molar-refractivity contribution in [3.8, 4) is 0 Å². The molecule has 0 saturated heterocycles. The second-order valence-electron chi connectivity index (χ2n) is 2.57. The zero-order valence-electron chi connectivity index (χ0n) is 6.70. The van der Waals surface area contributed by atoms with E-state index in [1.165, 1.54) is 0 Å². The number of rotatable bonds is 2. The number of halogens is 3. The van der Waals surface area contributed by atoms with Crippen LogP contribution in [0.25, 0.3) is 0 Å². The Bertz CT molecular complexity index is 286. The first kappa shape index (κ1) is 10.4. The maximum absolute atomic E-state index is 5.98. The van der Waals surface area contributed by atoms with Gasteiger partial charge in [0, 0.05) is 15.3 Å². The Hall–Kier alpha value is 0.307. The van der Waals surface area contributed by atoms with Crippen LogP contribution < -0.4 is 0 Å². The average Bonchev–Trinajstić information content (AvgIpc) is 2.06. The normalized spacial score (nSPS) is 10.6. The third kappa shape index (κ3) is 2.16. The summed E-state index contributed by atoms with van der Waals surface area (Å²) in [4.78, 5) is 0. The van der Waals surface area contributed by atoms with Crippen molar-refractivity contribution in [1.29, 1.82) is 0 Å². The summed E-state index contributed by atoms with van der Waals surface area (Å²) in [6, 6.07) is 4.67. The van der Waals surface area contributed by atoms with Crippen LogP contribution in [0.3, 0.4) is 0 Å². The van der Waals surface area contributed by atoms with Gasteiger partial charge in [-0.1, -0.05) is 40.8 Å². The molecular formula is C8H9Cl3Si. The number of hydrogen-bond donors (Lipinski definition) is 0. The van der Waals surface area contributed by atoms with Crippen molar-refractivity contribution in [1.82, 2.24) is 0 Å². The summed E-state index contributed by atoms with van der Waals surface area (Å²) in [6.45, 7) is 0. The van der Waals surface area contributed by atoms with E-state index >= 15 is 0 Å². The Morgan fingerprint density at radius 3 is 2.25 bits per heavy atom. The minimum Gasteiger partial charge on any atom is -0.0840 e. The molecule has 0 nitrogen and oxygen atoms in total. The molecule has 0 radical (unpaired) electrons. The first-order valence-electron chi connectivity index (χ1n) is 3.79. The lowest BCUT2D eigenvalue weighted by atomic mass is 10.2. The van der Waals surface area contributed by atoms with E-state index in [4.69, 9.17) is 34.8 Å². The van der Waals surface area contributed by atoms with E-state index in [2.05, 4.69) is 0 Å². The molecule has 1 aromatic rings. The molecule has 0 N–H and O–H groups in total. The third-order valence-corrected chi connectivity index (χ3v) is 3.34. The fourth-order valence-electron chi connectivity index (χ4n) is 1.05. The predicted octanol–water partition coefficient (Wildman–Crippen LogP) is 2.97. The molecule has 0 spiro atoms. The fraction of sp³-hybridized carbons (Fsp3) is 0.250. The summed E-state index contributed by atoms with van der Waals surface area (Å²) in [7, 11) is 1.16. The highest BCUT2D eigenvalue weighted by Gasteiger charge is 2.07. The van der Waals surface area contributed by atoms with Gasteiger partial charge in [-0.3, -0.25) is 0 Å². The van der Waals surface area contributed by atoms with E-state index in [1.54, 1.807) is 12.1 Å². The molecule has 0 aromatic heterocycles. The van der Waals surface area contributed by atoms with Gasteiger partial charge >= 0.3 is 0 Å². The zero-order valence-corrected chi connectivity index (χ0v) is 11.0. The van der Waals surface area contributed by atoms with E-state index in [-0.39, 0.29) is 0 Å². The van der Waals surface area contributed by atoms with Gasteiger partial charge in [-0.25, -0.2) is 0 Å². The van der Waals surface area contributed by atoms with Gasteiger partial charge in [-0.05, 0) is 24.1 Å². The molecule has 0 bridgehead atoms. The van der Waals surface area contributed by atoms with Gasteiger partial charge in [0.25, 0.3) is 0 Å². The molecule has 4 heteroatoms. The van der Waals surface area contributed by atoms with Crippen LogP contribution in [0.15, 0.2) is 12.1 Å². The van der Waals surface area contributed by atoms with Crippen LogP contribution in [-0.2, 0) is 6.42 Å². The quantitative estimate of drug-likeness (QED) is 0.550. The lowest BCUT2D eigenvalue weighted by molar-refractivity contribution is 1.13. The van der Waals surface area contributed by atoms with Gasteiger partial charge in [0.15, 0.2) is 0 Å². The Kier molecular flexibility index (Phi) is 3.91. The molecular weight excluding hydrogens is 231 g/mol. The number of hydrogen-bond acceptors (Lipinski definition) is 0. The maximum Gasteiger partial charge on any atom is 0.0639 e. The first-order chi connectivity index (χ1) is 5.66. The van der Waals surface area contributed by atoms with Gasteiger partial charge in [0.1, 0.15) is 0 Å². The van der Waals surface area contributed by atoms with E-state index in [0.29, 0.717) is 10.0 Å². The Morgan fingerprint density at radius 1 is 1.08 bits per heavy atom. The minimum atomic E-state index is 0.589. The standard InChI is InChI=1S/C8H9Cl3Si/c9-6-1-2-7(10)8(11)5(6)3-4-12/h1-2H,3-4H2,12H3. The molecule has 66 valence electrons. The van der Waals surface area contributed by atoms with Crippen LogP contribution in [0.1, 0.15) is 5.56 Å². The highest BCUT2D eigenvalue weighted by molar-refractivity contribution is 6.44. The molecule has 0 aliphatic rings. The minimum absolute atomic E-state index is 0.589. The summed E-state index contributed by atoms with van der Waals surface area (Å²) in [5, 5.41) is 1.92. The SMILES string of the molecule is [SiH3]CCc1c(Cl)ccc(Cl)c1Cl. The van der Waals surface area contributed by atoms with Crippen LogP contribution in [0.4, 0.5) is 0 Å². The zero-order chi connectivity index (χ0) is 9.14. The third-order valence-electron chi connectivity index (χ3n) is 1.64. The molecule has 0 fully saturated rings. The highest BCUT2D eigenvalue weighted by Crippen LogP contribution is 2.31. The Morgan fingerprint density at radius 2 is 1.67 bits per heavy atom. The highest BCUT2D eigenvalue weighted by atomic mass is 35.5. The molecule has 1 aromatic carbocycles. The Labute approximate surface area is 90.2 Å². The average molecular weight is 240 g/mol. The molecule has 0 unspecified atom stereocenters. The van der Waals surface area contributed by atoms with Crippen molar-refractivity contribution < 1.29 is 0 Å². The van der Waals surface area contributed by atoms with E-state index in [0.717, 1.165) is 33.3 Å². The lowest BCUT2D eigenvalue weighted by Gasteiger charge is -2.06. The monoisotopic (exact) mass is 238 g/mol. The van der Waals surface area contributed by atoms with Crippen molar-refractivity contribution in [2.45, 2.75) is 12.5 Å². The molecule has 0 atom stereocenters. The second kappa shape index (κ2) is 4.52. The van der Waals surface area contributed by atoms with Crippen LogP contribution in [0.5, 0.6) is 0 Å². The maximum atomic E-state index is 5.98. The lowest BCUT2D eigenvalue weighted by Crippen LogP contribution is -1.88. The predicted molar refractivity (Wildman–Crippen MR) is 59.9 cm³/mol. The summed E-state index contributed by atoms with van der Waals surface area (Å²) in [5.74, 6) is 0. The van der Waals surface area contributed by atoms with Crippen molar-refractivity contribution in [2.75, 3.05) is 0 Å². The van der Waals surface area contributed by atoms with Gasteiger partial charge in [0.05, 0.1) is 10.0 Å². The van der Waals surface area contributed by atoms with E-state index in [9.17, 15) is 0 Å². The summed E-state index contributed by atoms with van der Waals surface area (Å²) < 4.78 is 0. The van der Waals surface area contributed by atoms with Crippen LogP contribution in [0, 0.1) is 0 Å². The fourth-order valence-corrected chi connectivity index (χ4v) is 2.28. The van der Waals surface area contributed by atoms with E-state index < -0.39 is 0 Å². The van der Waals surface area contributed by atoms with Crippen molar-refractivity contribution in [2.24, 2.45) is 0 Å². The summed E-state index contributed by atoms with van der Waals surface area (Å²) >= 11 is 17.8. The molecule has 0 saturated carbocycles. The topological polar surface area (TPSA) is 0 Å². The van der Waals surface area contributed by atoms with E-state index in [1.807, 2.05) is 0 Å². The smallest absolute Gasteiger partial charge is 0.0639 e. The van der Waals surface area contributed by atoms with Gasteiger partial charge < -0.3 is 0 Å². The molecule has 1 rings (SSSR count). The number of benzene rings is 1. The van der Waals surface area contributed by atoms with Crippen molar-refractivity contribution >= 4 is 45.0 Å². The van der Waals surface area contributed by atoms with Crippen molar-refractivity contribution in [3.05, 3.63) is 32.8 Å². The summed E-state index contributed by atoms with van der Waals surface area (Å²) in [5.41, 5.74) is 0.987. The molecule has 0 heterocycles. The van der Waals surface area contributed by atoms with Crippen LogP contribution in [0.2, 0.25) is 21.1 Å². The first-order valence-corrected chi connectivity index (χ1v) is 6.34. The Balaban J connectivity index is 3.14. The summed E-state index contributed by atoms with van der Waals surface area (Å²) in [6.07, 6.45) is 0.935. The van der Waals surface area contributed by atoms with Crippen LogP contribution >= 0.6 is 34.8 Å². The molecule has 0 aliphatic heterocycles. The van der Waals surface area contributed by atoms with Crippen LogP contribution in [-0.4, -0.2) is 10.2 Å². The largest absolute Gasteiger partial charge is 0.0840 e. The molecule has 12 heavy (non-hydrogen) atoms. The van der Waals surface area contributed by atoms with Crippen molar-refractivity contribution in [3.63, 3.8) is 0 Å². The van der Waals surface area contributed by atoms with Gasteiger partial charge in [-0.15, -0.1) is 0 Å².